The molecule has 23 heavy (non-hydrogen) atoms. The molecule has 0 spiro atoms. The quantitative estimate of drug-likeness (QED) is 0.903. The van der Waals surface area contributed by atoms with Gasteiger partial charge in [0.2, 0.25) is 0 Å². The second kappa shape index (κ2) is 5.76. The van der Waals surface area contributed by atoms with Gasteiger partial charge in [0.15, 0.2) is 9.84 Å². The maximum atomic E-state index is 12.0. The van der Waals surface area contributed by atoms with Gasteiger partial charge in [0.25, 0.3) is 0 Å². The predicted octanol–water partition coefficient (Wildman–Crippen LogP) is 1.10. The summed E-state index contributed by atoms with van der Waals surface area (Å²) >= 11 is 0. The highest BCUT2D eigenvalue weighted by molar-refractivity contribution is 7.90. The first-order valence-corrected chi connectivity index (χ1v) is 9.60. The van der Waals surface area contributed by atoms with Crippen LogP contribution in [0.15, 0.2) is 23.6 Å². The molecule has 0 aromatic carbocycles. The van der Waals surface area contributed by atoms with Crippen molar-refractivity contribution in [1.29, 1.82) is 0 Å². The maximum absolute atomic E-state index is 12.0. The van der Waals surface area contributed by atoms with Crippen molar-refractivity contribution in [1.82, 2.24) is 24.6 Å². The Hall–Kier alpha value is -1.67. The molecule has 1 N–H and O–H groups in total. The zero-order valence-corrected chi connectivity index (χ0v) is 14.6. The lowest BCUT2D eigenvalue weighted by Gasteiger charge is -2.40. The van der Waals surface area contributed by atoms with Crippen LogP contribution >= 0.6 is 0 Å². The standard InChI is InChI=1S/C15H23N5O2S/c1-15(14-13(8-17-18-14)23(3,21)22)5-4-6-20(10-15)9-12-7-16-11-19(12)2/h7-8,11H,4-6,9-10H2,1-3H3,(H,17,18). The number of aromatic amines is 1. The molecule has 7 nitrogen and oxygen atoms in total. The van der Waals surface area contributed by atoms with Gasteiger partial charge >= 0.3 is 0 Å². The van der Waals surface area contributed by atoms with Crippen LogP contribution in [0.5, 0.6) is 0 Å². The SMILES string of the molecule is Cn1cncc1CN1CCCC(C)(c2[nH]ncc2S(C)(=O)=O)C1. The lowest BCUT2D eigenvalue weighted by molar-refractivity contribution is 0.143. The second-order valence-corrected chi connectivity index (χ2v) is 8.74. The molecular weight excluding hydrogens is 314 g/mol. The van der Waals surface area contributed by atoms with Gasteiger partial charge in [0.1, 0.15) is 4.90 Å². The summed E-state index contributed by atoms with van der Waals surface area (Å²) in [6.45, 7) is 4.73. The summed E-state index contributed by atoms with van der Waals surface area (Å²) in [7, 11) is -1.29. The summed E-state index contributed by atoms with van der Waals surface area (Å²) in [4.78, 5) is 6.84. The lowest BCUT2D eigenvalue weighted by atomic mass is 9.79. The fourth-order valence-corrected chi connectivity index (χ4v) is 4.35. The third-order valence-electron chi connectivity index (χ3n) is 4.69. The zero-order chi connectivity index (χ0) is 16.7. The predicted molar refractivity (Wildman–Crippen MR) is 86.8 cm³/mol. The van der Waals surface area contributed by atoms with Crippen LogP contribution in [0.3, 0.4) is 0 Å². The molecular formula is C15H23N5O2S. The topological polar surface area (TPSA) is 83.9 Å². The first kappa shape index (κ1) is 16.2. The van der Waals surface area contributed by atoms with Gasteiger partial charge in [0.05, 0.1) is 23.9 Å². The van der Waals surface area contributed by atoms with E-state index in [0.717, 1.165) is 43.9 Å². The Morgan fingerprint density at radius 1 is 1.39 bits per heavy atom. The van der Waals surface area contributed by atoms with Gasteiger partial charge in [-0.3, -0.25) is 10.00 Å². The molecule has 1 fully saturated rings. The zero-order valence-electron chi connectivity index (χ0n) is 13.8. The van der Waals surface area contributed by atoms with E-state index in [-0.39, 0.29) is 5.41 Å². The van der Waals surface area contributed by atoms with Gasteiger partial charge in [0, 0.05) is 38.0 Å². The minimum atomic E-state index is -3.28. The minimum absolute atomic E-state index is 0.244. The average Bonchev–Trinajstić information content (AvgIpc) is 3.09. The van der Waals surface area contributed by atoms with E-state index in [4.69, 9.17) is 0 Å². The Bertz CT molecular complexity index is 794. The molecule has 0 aliphatic carbocycles. The molecule has 0 radical (unpaired) electrons. The van der Waals surface area contributed by atoms with Gasteiger partial charge < -0.3 is 4.57 Å². The summed E-state index contributed by atoms with van der Waals surface area (Å²) in [5, 5.41) is 6.93. The van der Waals surface area contributed by atoms with Gasteiger partial charge in [-0.05, 0) is 19.4 Å². The highest BCUT2D eigenvalue weighted by atomic mass is 32.2. The van der Waals surface area contributed by atoms with Gasteiger partial charge in [-0.2, -0.15) is 5.10 Å². The normalized spacial score (nSPS) is 23.3. The van der Waals surface area contributed by atoms with Crippen molar-refractivity contribution in [3.05, 3.63) is 30.1 Å². The van der Waals surface area contributed by atoms with Crippen molar-refractivity contribution in [2.45, 2.75) is 36.6 Å². The monoisotopic (exact) mass is 337 g/mol. The summed E-state index contributed by atoms with van der Waals surface area (Å²) < 4.78 is 26.0. The molecule has 126 valence electrons. The minimum Gasteiger partial charge on any atom is -0.337 e. The number of aryl methyl sites for hydroxylation is 1. The van der Waals surface area contributed by atoms with Crippen molar-refractivity contribution in [3.8, 4) is 0 Å². The van der Waals surface area contributed by atoms with Crippen LogP contribution in [0.25, 0.3) is 0 Å². The molecule has 2 aromatic rings. The maximum Gasteiger partial charge on any atom is 0.178 e. The summed E-state index contributed by atoms with van der Waals surface area (Å²) in [6, 6.07) is 0. The Morgan fingerprint density at radius 3 is 2.83 bits per heavy atom. The number of nitrogens with one attached hydrogen (secondary N) is 1. The van der Waals surface area contributed by atoms with E-state index < -0.39 is 9.84 Å². The number of aromatic nitrogens is 4. The summed E-state index contributed by atoms with van der Waals surface area (Å²) in [6.07, 6.45) is 8.31. The molecule has 1 aliphatic heterocycles. The molecule has 1 saturated heterocycles. The van der Waals surface area contributed by atoms with E-state index in [1.54, 1.807) is 6.33 Å². The smallest absolute Gasteiger partial charge is 0.178 e. The molecule has 0 bridgehead atoms. The average molecular weight is 337 g/mol. The summed E-state index contributed by atoms with van der Waals surface area (Å²) in [5.74, 6) is 0. The third-order valence-corrected chi connectivity index (χ3v) is 5.79. The second-order valence-electron chi connectivity index (χ2n) is 6.75. The fourth-order valence-electron chi connectivity index (χ4n) is 3.44. The number of sulfone groups is 1. The number of hydrogen-bond donors (Lipinski definition) is 1. The molecule has 3 heterocycles. The molecule has 1 unspecified atom stereocenters. The largest absolute Gasteiger partial charge is 0.337 e. The Balaban J connectivity index is 1.85. The first-order chi connectivity index (χ1) is 10.8. The van der Waals surface area contributed by atoms with E-state index in [0.29, 0.717) is 4.90 Å². The van der Waals surface area contributed by atoms with Gasteiger partial charge in [-0.1, -0.05) is 6.92 Å². The number of hydrogen-bond acceptors (Lipinski definition) is 5. The van der Waals surface area contributed by atoms with Crippen LogP contribution < -0.4 is 0 Å². The van der Waals surface area contributed by atoms with E-state index in [1.807, 2.05) is 17.8 Å². The fraction of sp³-hybridized carbons (Fsp3) is 0.600. The number of H-pyrrole nitrogens is 1. The number of likely N-dealkylation sites (tertiary alicyclic amines) is 1. The Kier molecular flexibility index (Phi) is 4.05. The van der Waals surface area contributed by atoms with Gasteiger partial charge in [-0.25, -0.2) is 13.4 Å². The first-order valence-electron chi connectivity index (χ1n) is 7.71. The highest BCUT2D eigenvalue weighted by Gasteiger charge is 2.37. The molecule has 0 saturated carbocycles. The molecule has 2 aromatic heterocycles. The molecule has 0 amide bonds. The van der Waals surface area contributed by atoms with Crippen molar-refractivity contribution in [2.75, 3.05) is 19.3 Å². The van der Waals surface area contributed by atoms with Crippen molar-refractivity contribution in [3.63, 3.8) is 0 Å². The van der Waals surface area contributed by atoms with Crippen LogP contribution in [0.1, 0.15) is 31.2 Å². The lowest BCUT2D eigenvalue weighted by Crippen LogP contribution is -2.44. The van der Waals surface area contributed by atoms with Crippen LogP contribution in [-0.2, 0) is 28.8 Å². The van der Waals surface area contributed by atoms with Crippen LogP contribution in [0.4, 0.5) is 0 Å². The molecule has 1 atom stereocenters. The van der Waals surface area contributed by atoms with Crippen LogP contribution in [-0.4, -0.2) is 52.4 Å². The Labute approximate surface area is 136 Å². The number of nitrogens with zero attached hydrogens (tertiary/aromatic N) is 4. The van der Waals surface area contributed by atoms with Crippen molar-refractivity contribution in [2.24, 2.45) is 7.05 Å². The van der Waals surface area contributed by atoms with E-state index in [1.165, 1.54) is 12.5 Å². The highest BCUT2D eigenvalue weighted by Crippen LogP contribution is 2.36. The third kappa shape index (κ3) is 3.18. The number of imidazole rings is 1. The van der Waals surface area contributed by atoms with Crippen molar-refractivity contribution < 1.29 is 8.42 Å². The summed E-state index contributed by atoms with van der Waals surface area (Å²) in [5.41, 5.74) is 1.64. The van der Waals surface area contributed by atoms with E-state index in [9.17, 15) is 8.42 Å². The number of piperidine rings is 1. The Morgan fingerprint density at radius 2 is 2.17 bits per heavy atom. The molecule has 3 rings (SSSR count). The number of rotatable bonds is 4. The van der Waals surface area contributed by atoms with E-state index >= 15 is 0 Å². The van der Waals surface area contributed by atoms with Crippen LogP contribution in [0.2, 0.25) is 0 Å². The van der Waals surface area contributed by atoms with Crippen molar-refractivity contribution >= 4 is 9.84 Å². The van der Waals surface area contributed by atoms with E-state index in [2.05, 4.69) is 27.0 Å². The molecule has 1 aliphatic rings. The molecule has 8 heteroatoms. The van der Waals surface area contributed by atoms with Crippen LogP contribution in [0, 0.1) is 0 Å². The van der Waals surface area contributed by atoms with Gasteiger partial charge in [-0.15, -0.1) is 0 Å².